The van der Waals surface area contributed by atoms with Gasteiger partial charge < -0.3 is 24.7 Å². The summed E-state index contributed by atoms with van der Waals surface area (Å²) >= 11 is 0. The lowest BCUT2D eigenvalue weighted by Crippen LogP contribution is -2.31. The average molecular weight is 215 g/mol. The Hall–Kier alpha value is -0.880. The van der Waals surface area contributed by atoms with E-state index < -0.39 is 6.10 Å². The summed E-state index contributed by atoms with van der Waals surface area (Å²) in [6.07, 6.45) is 1.02. The molecule has 0 amide bonds. The van der Waals surface area contributed by atoms with Crippen molar-refractivity contribution >= 4 is 0 Å². The molecular formula is C10H17NO4. The van der Waals surface area contributed by atoms with E-state index >= 15 is 0 Å². The van der Waals surface area contributed by atoms with Crippen molar-refractivity contribution in [1.29, 1.82) is 0 Å². The number of rotatable bonds is 8. The van der Waals surface area contributed by atoms with E-state index in [1.165, 1.54) is 0 Å². The van der Waals surface area contributed by atoms with Crippen LogP contribution in [-0.2, 0) is 11.3 Å². The van der Waals surface area contributed by atoms with Gasteiger partial charge in [-0.05, 0) is 12.1 Å². The Labute approximate surface area is 88.7 Å². The van der Waals surface area contributed by atoms with E-state index in [9.17, 15) is 5.11 Å². The van der Waals surface area contributed by atoms with Gasteiger partial charge >= 0.3 is 0 Å². The van der Waals surface area contributed by atoms with Crippen LogP contribution < -0.4 is 5.32 Å². The smallest absolute Gasteiger partial charge is 0.129 e. The third kappa shape index (κ3) is 5.54. The quantitative estimate of drug-likeness (QED) is 0.521. The summed E-state index contributed by atoms with van der Waals surface area (Å²) in [4.78, 5) is 0. The number of nitrogens with one attached hydrogen (secondary N) is 1. The van der Waals surface area contributed by atoms with E-state index in [0.29, 0.717) is 19.7 Å². The van der Waals surface area contributed by atoms with Gasteiger partial charge in [0.1, 0.15) is 12.4 Å². The summed E-state index contributed by atoms with van der Waals surface area (Å²) in [6, 6.07) is 3.61. The Morgan fingerprint density at radius 2 is 2.40 bits per heavy atom. The molecule has 0 spiro atoms. The average Bonchev–Trinajstić information content (AvgIpc) is 2.71. The number of aliphatic hydroxyl groups is 2. The van der Waals surface area contributed by atoms with Gasteiger partial charge in [-0.1, -0.05) is 0 Å². The molecule has 1 aromatic heterocycles. The van der Waals surface area contributed by atoms with Crippen LogP contribution in [0.4, 0.5) is 0 Å². The van der Waals surface area contributed by atoms with Crippen molar-refractivity contribution in [2.75, 3.05) is 26.3 Å². The minimum atomic E-state index is -0.563. The summed E-state index contributed by atoms with van der Waals surface area (Å²) in [5.41, 5.74) is 0. The molecular weight excluding hydrogens is 198 g/mol. The number of hydrogen-bond acceptors (Lipinski definition) is 5. The van der Waals surface area contributed by atoms with E-state index in [4.69, 9.17) is 14.3 Å². The second kappa shape index (κ2) is 7.42. The van der Waals surface area contributed by atoms with Gasteiger partial charge in [0.25, 0.3) is 0 Å². The van der Waals surface area contributed by atoms with Gasteiger partial charge in [0.2, 0.25) is 0 Å². The summed E-state index contributed by atoms with van der Waals surface area (Å²) in [5, 5.41) is 20.8. The van der Waals surface area contributed by atoms with Crippen LogP contribution in [0.3, 0.4) is 0 Å². The minimum absolute atomic E-state index is 0.0694. The zero-order valence-electron chi connectivity index (χ0n) is 8.56. The topological polar surface area (TPSA) is 74.9 Å². The fourth-order valence-electron chi connectivity index (χ4n) is 1.10. The molecule has 0 bridgehead atoms. The Kier molecular flexibility index (Phi) is 6.03. The SMILES string of the molecule is OCCNCC(O)COCc1ccco1. The minimum Gasteiger partial charge on any atom is -0.467 e. The molecule has 1 heterocycles. The first-order valence-electron chi connectivity index (χ1n) is 4.92. The van der Waals surface area contributed by atoms with Gasteiger partial charge in [0, 0.05) is 13.1 Å². The van der Waals surface area contributed by atoms with Crippen LogP contribution in [0.1, 0.15) is 5.76 Å². The largest absolute Gasteiger partial charge is 0.467 e. The van der Waals surface area contributed by atoms with Gasteiger partial charge in [0.15, 0.2) is 0 Å². The van der Waals surface area contributed by atoms with Crippen LogP contribution >= 0.6 is 0 Å². The highest BCUT2D eigenvalue weighted by Crippen LogP contribution is 2.01. The van der Waals surface area contributed by atoms with Crippen LogP contribution in [0, 0.1) is 0 Å². The molecule has 1 unspecified atom stereocenters. The number of furan rings is 1. The third-order valence-corrected chi connectivity index (χ3v) is 1.80. The fraction of sp³-hybridized carbons (Fsp3) is 0.600. The number of hydrogen-bond donors (Lipinski definition) is 3. The molecule has 1 rings (SSSR count). The Morgan fingerprint density at radius 1 is 1.53 bits per heavy atom. The van der Waals surface area contributed by atoms with Gasteiger partial charge in [-0.15, -0.1) is 0 Å². The number of ether oxygens (including phenoxy) is 1. The monoisotopic (exact) mass is 215 g/mol. The highest BCUT2D eigenvalue weighted by molar-refractivity contribution is 4.96. The van der Waals surface area contributed by atoms with Crippen molar-refractivity contribution in [1.82, 2.24) is 5.32 Å². The Balaban J connectivity index is 1.99. The first-order chi connectivity index (χ1) is 7.33. The molecule has 0 aliphatic heterocycles. The van der Waals surface area contributed by atoms with Crippen molar-refractivity contribution in [3.63, 3.8) is 0 Å². The Morgan fingerprint density at radius 3 is 3.07 bits per heavy atom. The van der Waals surface area contributed by atoms with Crippen molar-refractivity contribution in [2.24, 2.45) is 0 Å². The molecule has 86 valence electrons. The van der Waals surface area contributed by atoms with Crippen LogP contribution in [-0.4, -0.2) is 42.6 Å². The van der Waals surface area contributed by atoms with Crippen LogP contribution in [0.2, 0.25) is 0 Å². The van der Waals surface area contributed by atoms with Crippen LogP contribution in [0.25, 0.3) is 0 Å². The maximum absolute atomic E-state index is 9.40. The lowest BCUT2D eigenvalue weighted by molar-refractivity contribution is 0.0224. The molecule has 0 saturated heterocycles. The normalized spacial score (nSPS) is 12.9. The van der Waals surface area contributed by atoms with E-state index in [1.54, 1.807) is 12.3 Å². The first kappa shape index (κ1) is 12.2. The van der Waals surface area contributed by atoms with Crippen LogP contribution in [0.15, 0.2) is 22.8 Å². The number of aliphatic hydroxyl groups excluding tert-OH is 2. The standard InChI is InChI=1S/C10H17NO4/c12-4-3-11-6-9(13)7-14-8-10-2-1-5-15-10/h1-2,5,9,11-13H,3-4,6-8H2. The summed E-state index contributed by atoms with van der Waals surface area (Å²) in [5.74, 6) is 0.741. The third-order valence-electron chi connectivity index (χ3n) is 1.80. The zero-order valence-corrected chi connectivity index (χ0v) is 8.56. The molecule has 15 heavy (non-hydrogen) atoms. The van der Waals surface area contributed by atoms with Gasteiger partial charge in [-0.2, -0.15) is 0 Å². The molecule has 0 aromatic carbocycles. The molecule has 5 nitrogen and oxygen atoms in total. The molecule has 0 aliphatic carbocycles. The van der Waals surface area contributed by atoms with Crippen molar-refractivity contribution in [2.45, 2.75) is 12.7 Å². The zero-order chi connectivity index (χ0) is 10.9. The van der Waals surface area contributed by atoms with E-state index in [1.807, 2.05) is 6.07 Å². The summed E-state index contributed by atoms with van der Waals surface area (Å²) in [7, 11) is 0. The van der Waals surface area contributed by atoms with E-state index in [2.05, 4.69) is 5.32 Å². The van der Waals surface area contributed by atoms with E-state index in [0.717, 1.165) is 5.76 Å². The van der Waals surface area contributed by atoms with E-state index in [-0.39, 0.29) is 13.2 Å². The maximum atomic E-state index is 9.40. The second-order valence-electron chi connectivity index (χ2n) is 3.18. The van der Waals surface area contributed by atoms with Crippen molar-refractivity contribution in [3.05, 3.63) is 24.2 Å². The highest BCUT2D eigenvalue weighted by atomic mass is 16.5. The molecule has 5 heteroatoms. The van der Waals surface area contributed by atoms with Gasteiger partial charge in [-0.3, -0.25) is 0 Å². The van der Waals surface area contributed by atoms with Gasteiger partial charge in [-0.25, -0.2) is 0 Å². The molecule has 1 aromatic rings. The molecule has 0 saturated carbocycles. The van der Waals surface area contributed by atoms with Gasteiger partial charge in [0.05, 0.1) is 25.6 Å². The molecule has 0 radical (unpaired) electrons. The summed E-state index contributed by atoms with van der Waals surface area (Å²) in [6.45, 7) is 1.58. The highest BCUT2D eigenvalue weighted by Gasteiger charge is 2.04. The molecule has 0 fully saturated rings. The lowest BCUT2D eigenvalue weighted by atomic mass is 10.4. The Bertz CT molecular complexity index is 238. The van der Waals surface area contributed by atoms with Crippen LogP contribution in [0.5, 0.6) is 0 Å². The molecule has 1 atom stereocenters. The lowest BCUT2D eigenvalue weighted by Gasteiger charge is -2.10. The van der Waals surface area contributed by atoms with Crippen molar-refractivity contribution < 1.29 is 19.4 Å². The molecule has 0 aliphatic rings. The predicted octanol–water partition coefficient (Wildman–Crippen LogP) is -0.261. The maximum Gasteiger partial charge on any atom is 0.129 e. The second-order valence-corrected chi connectivity index (χ2v) is 3.18. The first-order valence-corrected chi connectivity index (χ1v) is 4.92. The predicted molar refractivity (Wildman–Crippen MR) is 54.3 cm³/mol. The summed E-state index contributed by atoms with van der Waals surface area (Å²) < 4.78 is 10.3. The fourth-order valence-corrected chi connectivity index (χ4v) is 1.10. The molecule has 3 N–H and O–H groups in total. The van der Waals surface area contributed by atoms with Crippen molar-refractivity contribution in [3.8, 4) is 0 Å².